The smallest absolute Gasteiger partial charge is 0.320 e. The van der Waals surface area contributed by atoms with Crippen molar-refractivity contribution in [3.8, 4) is 0 Å². The SMILES string of the molecule is O=C(Nc1ccccc1)c1nnc(Nc2cc(F)ccc2F)o1. The van der Waals surface area contributed by atoms with E-state index in [1.54, 1.807) is 30.3 Å². The summed E-state index contributed by atoms with van der Waals surface area (Å²) < 4.78 is 31.7. The van der Waals surface area contributed by atoms with E-state index in [4.69, 9.17) is 4.42 Å². The molecule has 116 valence electrons. The van der Waals surface area contributed by atoms with Gasteiger partial charge in [0, 0.05) is 11.8 Å². The van der Waals surface area contributed by atoms with Crippen molar-refractivity contribution in [2.45, 2.75) is 0 Å². The number of amides is 1. The van der Waals surface area contributed by atoms with E-state index in [0.717, 1.165) is 18.2 Å². The predicted molar refractivity (Wildman–Crippen MR) is 78.3 cm³/mol. The minimum absolute atomic E-state index is 0.177. The number of nitrogens with zero attached hydrogens (tertiary/aromatic N) is 2. The molecule has 0 spiro atoms. The highest BCUT2D eigenvalue weighted by molar-refractivity contribution is 6.00. The first-order chi connectivity index (χ1) is 11.1. The Morgan fingerprint density at radius 2 is 1.83 bits per heavy atom. The van der Waals surface area contributed by atoms with Crippen LogP contribution in [0.3, 0.4) is 0 Å². The molecule has 3 rings (SSSR count). The standard InChI is InChI=1S/C15H10F2N4O2/c16-9-6-7-11(17)12(8-9)19-15-21-20-14(23-15)13(22)18-10-4-2-1-3-5-10/h1-8H,(H,18,22)(H,19,21). The van der Waals surface area contributed by atoms with Crippen molar-refractivity contribution in [1.29, 1.82) is 0 Å². The molecule has 0 fully saturated rings. The first-order valence-electron chi connectivity index (χ1n) is 6.54. The second-order valence-electron chi connectivity index (χ2n) is 4.48. The largest absolute Gasteiger partial charge is 0.399 e. The number of aromatic nitrogens is 2. The van der Waals surface area contributed by atoms with Gasteiger partial charge in [0.1, 0.15) is 11.6 Å². The average molecular weight is 316 g/mol. The highest BCUT2D eigenvalue weighted by atomic mass is 19.1. The summed E-state index contributed by atoms with van der Waals surface area (Å²) in [4.78, 5) is 11.9. The van der Waals surface area contributed by atoms with Crippen LogP contribution < -0.4 is 10.6 Å². The fourth-order valence-electron chi connectivity index (χ4n) is 1.78. The summed E-state index contributed by atoms with van der Waals surface area (Å²) in [5, 5.41) is 12.1. The summed E-state index contributed by atoms with van der Waals surface area (Å²) in [7, 11) is 0. The molecule has 1 heterocycles. The molecule has 3 aromatic rings. The number of benzene rings is 2. The highest BCUT2D eigenvalue weighted by Crippen LogP contribution is 2.20. The van der Waals surface area contributed by atoms with Gasteiger partial charge in [-0.05, 0) is 24.3 Å². The van der Waals surface area contributed by atoms with Crippen molar-refractivity contribution < 1.29 is 18.0 Å². The van der Waals surface area contributed by atoms with Gasteiger partial charge < -0.3 is 15.1 Å². The van der Waals surface area contributed by atoms with Gasteiger partial charge in [-0.3, -0.25) is 4.79 Å². The molecular formula is C15H10F2N4O2. The van der Waals surface area contributed by atoms with E-state index in [1.165, 1.54) is 0 Å². The summed E-state index contributed by atoms with van der Waals surface area (Å²) >= 11 is 0. The molecule has 0 aliphatic heterocycles. The molecule has 0 unspecified atom stereocenters. The zero-order valence-electron chi connectivity index (χ0n) is 11.6. The topological polar surface area (TPSA) is 80.0 Å². The zero-order valence-corrected chi connectivity index (χ0v) is 11.6. The lowest BCUT2D eigenvalue weighted by Crippen LogP contribution is -2.12. The number of halogens is 2. The molecule has 2 N–H and O–H groups in total. The third-order valence-corrected chi connectivity index (χ3v) is 2.82. The maximum Gasteiger partial charge on any atom is 0.320 e. The second-order valence-corrected chi connectivity index (χ2v) is 4.48. The summed E-state index contributed by atoms with van der Waals surface area (Å²) in [5.41, 5.74) is 0.380. The third-order valence-electron chi connectivity index (χ3n) is 2.82. The maximum absolute atomic E-state index is 13.5. The summed E-state index contributed by atoms with van der Waals surface area (Å²) in [6, 6.07) is 11.3. The van der Waals surface area contributed by atoms with Gasteiger partial charge in [0.05, 0.1) is 5.69 Å². The van der Waals surface area contributed by atoms with Crippen LogP contribution in [0.5, 0.6) is 0 Å². The molecule has 0 bridgehead atoms. The molecule has 1 amide bonds. The van der Waals surface area contributed by atoms with E-state index < -0.39 is 17.5 Å². The van der Waals surface area contributed by atoms with Crippen molar-refractivity contribution in [2.75, 3.05) is 10.6 Å². The molecule has 6 nitrogen and oxygen atoms in total. The summed E-state index contributed by atoms with van der Waals surface area (Å²) in [6.07, 6.45) is 0. The quantitative estimate of drug-likeness (QED) is 0.771. The van der Waals surface area contributed by atoms with Crippen LogP contribution in [-0.2, 0) is 0 Å². The Bertz CT molecular complexity index is 837. The van der Waals surface area contributed by atoms with Crippen LogP contribution in [0.4, 0.5) is 26.2 Å². The second kappa shape index (κ2) is 6.22. The Morgan fingerprint density at radius 3 is 2.61 bits per heavy atom. The number of rotatable bonds is 4. The van der Waals surface area contributed by atoms with Crippen LogP contribution in [0.2, 0.25) is 0 Å². The number of hydrogen-bond acceptors (Lipinski definition) is 5. The number of carbonyl (C=O) groups is 1. The Labute approximate surface area is 129 Å². The lowest BCUT2D eigenvalue weighted by Gasteiger charge is -2.03. The number of hydrogen-bond donors (Lipinski definition) is 2. The van der Waals surface area contributed by atoms with Gasteiger partial charge in [0.15, 0.2) is 0 Å². The van der Waals surface area contributed by atoms with Crippen LogP contribution in [0, 0.1) is 11.6 Å². The Morgan fingerprint density at radius 1 is 1.04 bits per heavy atom. The first kappa shape index (κ1) is 14.6. The van der Waals surface area contributed by atoms with Gasteiger partial charge in [0.2, 0.25) is 0 Å². The van der Waals surface area contributed by atoms with E-state index in [-0.39, 0.29) is 17.6 Å². The molecular weight excluding hydrogens is 306 g/mol. The third kappa shape index (κ3) is 3.49. The molecule has 0 radical (unpaired) electrons. The molecule has 0 aliphatic carbocycles. The zero-order chi connectivity index (χ0) is 16.2. The molecule has 2 aromatic carbocycles. The van der Waals surface area contributed by atoms with Crippen LogP contribution in [0.1, 0.15) is 10.7 Å². The van der Waals surface area contributed by atoms with E-state index >= 15 is 0 Å². The Balaban J connectivity index is 1.73. The fraction of sp³-hybridized carbons (Fsp3) is 0. The normalized spacial score (nSPS) is 10.3. The van der Waals surface area contributed by atoms with Crippen molar-refractivity contribution in [3.63, 3.8) is 0 Å². The summed E-state index contributed by atoms with van der Waals surface area (Å²) in [6.45, 7) is 0. The van der Waals surface area contributed by atoms with E-state index in [2.05, 4.69) is 20.8 Å². The molecule has 0 aliphatic rings. The van der Waals surface area contributed by atoms with Gasteiger partial charge in [-0.25, -0.2) is 8.78 Å². The number of carbonyl (C=O) groups excluding carboxylic acids is 1. The van der Waals surface area contributed by atoms with Crippen LogP contribution in [-0.4, -0.2) is 16.1 Å². The van der Waals surface area contributed by atoms with Crippen LogP contribution in [0.15, 0.2) is 52.9 Å². The first-order valence-corrected chi connectivity index (χ1v) is 6.54. The van der Waals surface area contributed by atoms with Gasteiger partial charge >= 0.3 is 17.8 Å². The number of nitrogens with one attached hydrogen (secondary N) is 2. The monoisotopic (exact) mass is 316 g/mol. The summed E-state index contributed by atoms with van der Waals surface area (Å²) in [5.74, 6) is -2.25. The van der Waals surface area contributed by atoms with E-state index in [9.17, 15) is 13.6 Å². The maximum atomic E-state index is 13.5. The molecule has 0 atom stereocenters. The number of anilines is 3. The van der Waals surface area contributed by atoms with Gasteiger partial charge in [-0.2, -0.15) is 0 Å². The van der Waals surface area contributed by atoms with Crippen molar-refractivity contribution in [1.82, 2.24) is 10.2 Å². The van der Waals surface area contributed by atoms with Gasteiger partial charge in [-0.15, -0.1) is 5.10 Å². The average Bonchev–Trinajstić information content (AvgIpc) is 3.01. The van der Waals surface area contributed by atoms with Crippen LogP contribution in [0.25, 0.3) is 0 Å². The predicted octanol–water partition coefficient (Wildman–Crippen LogP) is 3.34. The molecule has 8 heteroatoms. The lowest BCUT2D eigenvalue weighted by atomic mass is 10.3. The lowest BCUT2D eigenvalue weighted by molar-refractivity contribution is 0.0991. The van der Waals surface area contributed by atoms with Crippen molar-refractivity contribution in [3.05, 3.63) is 66.1 Å². The van der Waals surface area contributed by atoms with E-state index in [1.807, 2.05) is 0 Å². The van der Waals surface area contributed by atoms with Gasteiger partial charge in [-0.1, -0.05) is 23.3 Å². The molecule has 0 saturated heterocycles. The van der Waals surface area contributed by atoms with Crippen molar-refractivity contribution >= 4 is 23.3 Å². The minimum Gasteiger partial charge on any atom is -0.399 e. The molecule has 0 saturated carbocycles. The molecule has 23 heavy (non-hydrogen) atoms. The fourth-order valence-corrected chi connectivity index (χ4v) is 1.78. The Kier molecular flexibility index (Phi) is 3.96. The molecule has 1 aromatic heterocycles. The van der Waals surface area contributed by atoms with Gasteiger partial charge in [0.25, 0.3) is 0 Å². The highest BCUT2D eigenvalue weighted by Gasteiger charge is 2.16. The Hall–Kier alpha value is -3.29. The number of para-hydroxylation sites is 1. The minimum atomic E-state index is -0.695. The van der Waals surface area contributed by atoms with Crippen LogP contribution >= 0.6 is 0 Å². The van der Waals surface area contributed by atoms with E-state index in [0.29, 0.717) is 5.69 Å². The van der Waals surface area contributed by atoms with Crippen molar-refractivity contribution in [2.24, 2.45) is 0 Å².